The zero-order valence-corrected chi connectivity index (χ0v) is 18.7. The van der Waals surface area contributed by atoms with Gasteiger partial charge in [-0.3, -0.25) is 4.79 Å². The van der Waals surface area contributed by atoms with Crippen LogP contribution in [0.3, 0.4) is 0 Å². The second kappa shape index (κ2) is 8.43. The molecule has 1 N–H and O–H groups in total. The van der Waals surface area contributed by atoms with Crippen molar-refractivity contribution < 1.29 is 23.1 Å². The first-order valence-corrected chi connectivity index (χ1v) is 10.5. The minimum absolute atomic E-state index is 0.00319. The van der Waals surface area contributed by atoms with Gasteiger partial charge in [0.05, 0.1) is 10.4 Å². The van der Waals surface area contributed by atoms with Crippen molar-refractivity contribution in [1.82, 2.24) is 15.5 Å². The molecule has 0 bridgehead atoms. The Morgan fingerprint density at radius 3 is 2.69 bits per heavy atom. The Morgan fingerprint density at radius 1 is 1.22 bits per heavy atom. The van der Waals surface area contributed by atoms with Gasteiger partial charge in [0.25, 0.3) is 5.91 Å². The lowest BCUT2D eigenvalue weighted by molar-refractivity contribution is -0.127. The molecule has 168 valence electrons. The smallest absolute Gasteiger partial charge is 0.420 e. The van der Waals surface area contributed by atoms with Crippen LogP contribution in [-0.2, 0) is 10.2 Å². The molecule has 4 rings (SSSR count). The quantitative estimate of drug-likeness (QED) is 0.537. The topological polar surface area (TPSA) is 86.5 Å². The van der Waals surface area contributed by atoms with Gasteiger partial charge in [-0.2, -0.15) is 0 Å². The van der Waals surface area contributed by atoms with Crippen LogP contribution in [0.1, 0.15) is 38.1 Å². The number of carbonyl (C=O) groups excluding carboxylic acids is 1. The van der Waals surface area contributed by atoms with E-state index < -0.39 is 11.4 Å². The highest BCUT2D eigenvalue weighted by Crippen LogP contribution is 2.49. The molecule has 0 atom stereocenters. The van der Waals surface area contributed by atoms with E-state index in [1.165, 1.54) is 12.1 Å². The normalized spacial score (nSPS) is 22.2. The number of nitrogens with zero attached hydrogens (tertiary/aromatic N) is 2. The number of aromatic nitrogens is 2. The Morgan fingerprint density at radius 2 is 1.97 bits per heavy atom. The van der Waals surface area contributed by atoms with E-state index in [-0.39, 0.29) is 34.8 Å². The molecular formula is C23H23ClFN3O4. The molecule has 1 aliphatic rings. The summed E-state index contributed by atoms with van der Waals surface area (Å²) in [6.07, 6.45) is 1.29. The van der Waals surface area contributed by atoms with Crippen molar-refractivity contribution in [3.05, 3.63) is 64.8 Å². The molecule has 9 heteroatoms. The first kappa shape index (κ1) is 22.1. The van der Waals surface area contributed by atoms with Crippen molar-refractivity contribution >= 4 is 17.5 Å². The third kappa shape index (κ3) is 4.70. The number of para-hydroxylation sites is 1. The van der Waals surface area contributed by atoms with E-state index in [4.69, 9.17) is 25.5 Å². The SMILES string of the molecule is Cc1ccccc1Oc1nnc(C2(C)CC(C)(NC(=O)COc3ccc(Cl)c(F)c3)C2)o1. The van der Waals surface area contributed by atoms with E-state index in [1.807, 2.05) is 45.0 Å². The molecule has 1 saturated carbocycles. The predicted molar refractivity (Wildman–Crippen MR) is 116 cm³/mol. The maximum atomic E-state index is 13.5. The molecule has 1 amide bonds. The van der Waals surface area contributed by atoms with E-state index in [2.05, 4.69) is 15.5 Å². The summed E-state index contributed by atoms with van der Waals surface area (Å²) in [6, 6.07) is 11.6. The molecule has 0 spiro atoms. The maximum Gasteiger partial charge on any atom is 0.420 e. The van der Waals surface area contributed by atoms with Crippen LogP contribution in [0, 0.1) is 12.7 Å². The van der Waals surface area contributed by atoms with Gasteiger partial charge in [0.15, 0.2) is 6.61 Å². The summed E-state index contributed by atoms with van der Waals surface area (Å²) in [7, 11) is 0. The second-order valence-electron chi connectivity index (χ2n) is 8.63. The number of rotatable bonds is 7. The minimum Gasteiger partial charge on any atom is -0.484 e. The molecule has 7 nitrogen and oxygen atoms in total. The van der Waals surface area contributed by atoms with Gasteiger partial charge in [0.2, 0.25) is 5.89 Å². The molecule has 0 radical (unpaired) electrons. The number of hydrogen-bond acceptors (Lipinski definition) is 6. The Labute approximate surface area is 189 Å². The van der Waals surface area contributed by atoms with E-state index in [1.54, 1.807) is 0 Å². The fourth-order valence-electron chi connectivity index (χ4n) is 4.26. The number of halogens is 2. The highest BCUT2D eigenvalue weighted by Gasteiger charge is 2.53. The molecule has 3 aromatic rings. The molecule has 0 saturated heterocycles. The summed E-state index contributed by atoms with van der Waals surface area (Å²) in [6.45, 7) is 5.64. The van der Waals surface area contributed by atoms with Gasteiger partial charge in [-0.25, -0.2) is 4.39 Å². The lowest BCUT2D eigenvalue weighted by Gasteiger charge is -2.51. The summed E-state index contributed by atoms with van der Waals surface area (Å²) in [5, 5.41) is 11.1. The Bertz CT molecular complexity index is 1140. The van der Waals surface area contributed by atoms with Gasteiger partial charge >= 0.3 is 6.08 Å². The van der Waals surface area contributed by atoms with Crippen LogP contribution in [0.25, 0.3) is 0 Å². The fraction of sp³-hybridized carbons (Fsp3) is 0.348. The first-order chi connectivity index (χ1) is 15.2. The molecule has 0 aliphatic heterocycles. The van der Waals surface area contributed by atoms with Gasteiger partial charge in [0.1, 0.15) is 17.3 Å². The largest absolute Gasteiger partial charge is 0.484 e. The van der Waals surface area contributed by atoms with Gasteiger partial charge in [-0.15, -0.1) is 5.10 Å². The molecule has 2 aromatic carbocycles. The number of benzene rings is 2. The first-order valence-electron chi connectivity index (χ1n) is 10.1. The third-order valence-electron chi connectivity index (χ3n) is 5.48. The van der Waals surface area contributed by atoms with Crippen molar-refractivity contribution in [2.24, 2.45) is 0 Å². The Kier molecular flexibility index (Phi) is 5.81. The summed E-state index contributed by atoms with van der Waals surface area (Å²) in [5.41, 5.74) is 0.120. The van der Waals surface area contributed by atoms with E-state index in [0.717, 1.165) is 11.6 Å². The van der Waals surface area contributed by atoms with Crippen molar-refractivity contribution in [1.29, 1.82) is 0 Å². The monoisotopic (exact) mass is 459 g/mol. The number of aryl methyl sites for hydroxylation is 1. The summed E-state index contributed by atoms with van der Waals surface area (Å²) in [5.74, 6) is 0.438. The molecule has 1 aliphatic carbocycles. The number of nitrogens with one attached hydrogen (secondary N) is 1. The van der Waals surface area contributed by atoms with Gasteiger partial charge in [-0.05, 0) is 50.5 Å². The van der Waals surface area contributed by atoms with Gasteiger partial charge in [0, 0.05) is 11.6 Å². The third-order valence-corrected chi connectivity index (χ3v) is 5.78. The van der Waals surface area contributed by atoms with Crippen LogP contribution in [0.4, 0.5) is 4.39 Å². The van der Waals surface area contributed by atoms with Gasteiger partial charge in [-0.1, -0.05) is 41.8 Å². The average molecular weight is 460 g/mol. The van der Waals surface area contributed by atoms with E-state index in [9.17, 15) is 9.18 Å². The van der Waals surface area contributed by atoms with Gasteiger partial charge < -0.3 is 19.2 Å². The van der Waals surface area contributed by atoms with Crippen LogP contribution < -0.4 is 14.8 Å². The van der Waals surface area contributed by atoms with E-state index in [0.29, 0.717) is 24.5 Å². The number of ether oxygens (including phenoxy) is 2. The summed E-state index contributed by atoms with van der Waals surface area (Å²) in [4.78, 5) is 12.3. The summed E-state index contributed by atoms with van der Waals surface area (Å²) < 4.78 is 30.3. The highest BCUT2D eigenvalue weighted by molar-refractivity contribution is 6.30. The molecule has 1 aromatic heterocycles. The standard InChI is InChI=1S/C23H23ClFN3O4/c1-14-6-4-5-7-18(14)31-21-28-27-20(32-21)22(2)12-23(3,13-22)26-19(29)11-30-15-8-9-16(24)17(25)10-15/h4-10H,11-13H2,1-3H3,(H,26,29). The molecule has 32 heavy (non-hydrogen) atoms. The molecule has 0 unspecified atom stereocenters. The van der Waals surface area contributed by atoms with Crippen LogP contribution in [0.2, 0.25) is 5.02 Å². The molecule has 1 heterocycles. The van der Waals surface area contributed by atoms with Crippen LogP contribution in [0.5, 0.6) is 17.6 Å². The summed E-state index contributed by atoms with van der Waals surface area (Å²) >= 11 is 5.65. The zero-order valence-electron chi connectivity index (χ0n) is 17.9. The average Bonchev–Trinajstić information content (AvgIpc) is 3.19. The van der Waals surface area contributed by atoms with Crippen LogP contribution in [-0.4, -0.2) is 28.3 Å². The van der Waals surface area contributed by atoms with Crippen molar-refractivity contribution in [3.63, 3.8) is 0 Å². The zero-order chi connectivity index (χ0) is 22.9. The minimum atomic E-state index is -0.600. The lowest BCUT2D eigenvalue weighted by Crippen LogP contribution is -2.61. The maximum absolute atomic E-state index is 13.5. The van der Waals surface area contributed by atoms with Crippen molar-refractivity contribution in [2.45, 2.75) is 44.6 Å². The second-order valence-corrected chi connectivity index (χ2v) is 9.04. The fourth-order valence-corrected chi connectivity index (χ4v) is 4.38. The number of hydrogen-bond donors (Lipinski definition) is 1. The predicted octanol–water partition coefficient (Wildman–Crippen LogP) is 4.97. The lowest BCUT2D eigenvalue weighted by atomic mass is 9.59. The van der Waals surface area contributed by atoms with Crippen LogP contribution >= 0.6 is 11.6 Å². The molecule has 1 fully saturated rings. The van der Waals surface area contributed by atoms with E-state index >= 15 is 0 Å². The van der Waals surface area contributed by atoms with Crippen molar-refractivity contribution in [2.75, 3.05) is 6.61 Å². The number of carbonyl (C=O) groups is 1. The molecular weight excluding hydrogens is 437 g/mol. The number of amides is 1. The highest BCUT2D eigenvalue weighted by atomic mass is 35.5. The van der Waals surface area contributed by atoms with Crippen molar-refractivity contribution in [3.8, 4) is 17.6 Å². The van der Waals surface area contributed by atoms with Crippen LogP contribution in [0.15, 0.2) is 46.9 Å². The Balaban J connectivity index is 1.31. The Hall–Kier alpha value is -3.13.